The summed E-state index contributed by atoms with van der Waals surface area (Å²) in [7, 11) is 3.77. The number of aliphatic hydroxyl groups excluding tert-OH is 1. The standard InChI is InChI=1S/C15H18FN3O2/c1-18(2)13-7-19(8-14(13)20)15(21)12-6-9-5-10(16)3-4-11(9)17-12/h3-6,13-14,17,20H,7-8H2,1-2H3/t13-,14-/m0/s1. The molecule has 1 aromatic carbocycles. The van der Waals surface area contributed by atoms with Gasteiger partial charge >= 0.3 is 0 Å². The Kier molecular flexibility index (Phi) is 3.43. The fraction of sp³-hybridized carbons (Fsp3) is 0.400. The zero-order valence-corrected chi connectivity index (χ0v) is 12.0. The maximum Gasteiger partial charge on any atom is 0.270 e. The van der Waals surface area contributed by atoms with Crippen molar-refractivity contribution in [1.82, 2.24) is 14.8 Å². The number of carbonyl (C=O) groups excluding carboxylic acids is 1. The number of nitrogens with zero attached hydrogens (tertiary/aromatic N) is 2. The Morgan fingerprint density at radius 2 is 2.14 bits per heavy atom. The number of aliphatic hydroxyl groups is 1. The number of hydrogen-bond donors (Lipinski definition) is 2. The molecule has 1 aromatic heterocycles. The summed E-state index contributed by atoms with van der Waals surface area (Å²) in [6.07, 6.45) is -0.550. The number of benzene rings is 1. The Labute approximate surface area is 122 Å². The Hall–Kier alpha value is -1.92. The number of nitrogens with one attached hydrogen (secondary N) is 1. The van der Waals surface area contributed by atoms with Crippen LogP contribution in [0.3, 0.4) is 0 Å². The van der Waals surface area contributed by atoms with Gasteiger partial charge in [0.1, 0.15) is 11.5 Å². The summed E-state index contributed by atoms with van der Waals surface area (Å²) in [6.45, 7) is 0.794. The molecule has 0 radical (unpaired) electrons. The molecule has 1 aliphatic rings. The molecular formula is C15H18FN3O2. The zero-order valence-electron chi connectivity index (χ0n) is 12.0. The van der Waals surface area contributed by atoms with Gasteiger partial charge in [-0.05, 0) is 38.4 Å². The van der Waals surface area contributed by atoms with E-state index in [1.54, 1.807) is 17.0 Å². The van der Waals surface area contributed by atoms with Crippen molar-refractivity contribution >= 4 is 16.8 Å². The molecule has 2 atom stereocenters. The number of likely N-dealkylation sites (N-methyl/N-ethyl adjacent to an activating group) is 1. The molecule has 3 rings (SSSR count). The third-order valence-corrected chi connectivity index (χ3v) is 4.02. The molecule has 1 saturated heterocycles. The average Bonchev–Trinajstić information content (AvgIpc) is 3.00. The summed E-state index contributed by atoms with van der Waals surface area (Å²) in [5.74, 6) is -0.500. The lowest BCUT2D eigenvalue weighted by Gasteiger charge is -2.21. The zero-order chi connectivity index (χ0) is 15.1. The topological polar surface area (TPSA) is 59.6 Å². The molecule has 0 bridgehead atoms. The van der Waals surface area contributed by atoms with E-state index in [1.165, 1.54) is 12.1 Å². The highest BCUT2D eigenvalue weighted by Gasteiger charge is 2.35. The van der Waals surface area contributed by atoms with Crippen LogP contribution in [0.4, 0.5) is 4.39 Å². The van der Waals surface area contributed by atoms with Crippen molar-refractivity contribution < 1.29 is 14.3 Å². The molecule has 1 aliphatic heterocycles. The third-order valence-electron chi connectivity index (χ3n) is 4.02. The maximum absolute atomic E-state index is 13.2. The van der Waals surface area contributed by atoms with Crippen molar-refractivity contribution in [3.05, 3.63) is 35.8 Å². The second kappa shape index (κ2) is 5.13. The number of β-amino-alcohol motifs (C(OH)–C–C–N with tert-alkyl or cyclic N) is 1. The molecule has 2 aromatic rings. The van der Waals surface area contributed by atoms with Crippen molar-refractivity contribution in [3.8, 4) is 0 Å². The fourth-order valence-electron chi connectivity index (χ4n) is 2.83. The molecule has 6 heteroatoms. The van der Waals surface area contributed by atoms with E-state index >= 15 is 0 Å². The predicted molar refractivity (Wildman–Crippen MR) is 77.6 cm³/mol. The van der Waals surface area contributed by atoms with E-state index < -0.39 is 6.10 Å². The number of fused-ring (bicyclic) bond motifs is 1. The van der Waals surface area contributed by atoms with E-state index in [4.69, 9.17) is 0 Å². The summed E-state index contributed by atoms with van der Waals surface area (Å²) in [6, 6.07) is 5.95. The van der Waals surface area contributed by atoms with Gasteiger partial charge in [-0.15, -0.1) is 0 Å². The molecule has 1 amide bonds. The highest BCUT2D eigenvalue weighted by Crippen LogP contribution is 2.21. The third kappa shape index (κ3) is 2.52. The van der Waals surface area contributed by atoms with Gasteiger partial charge in [-0.3, -0.25) is 4.79 Å². The summed E-state index contributed by atoms with van der Waals surface area (Å²) in [4.78, 5) is 19.0. The van der Waals surface area contributed by atoms with Crippen LogP contribution in [0.25, 0.3) is 10.9 Å². The number of likely N-dealkylation sites (tertiary alicyclic amines) is 1. The molecule has 0 unspecified atom stereocenters. The van der Waals surface area contributed by atoms with Crippen LogP contribution in [0.1, 0.15) is 10.5 Å². The Morgan fingerprint density at radius 3 is 2.81 bits per heavy atom. The molecule has 0 aliphatic carbocycles. The van der Waals surface area contributed by atoms with Gasteiger partial charge in [0.15, 0.2) is 0 Å². The second-order valence-corrected chi connectivity index (χ2v) is 5.72. The van der Waals surface area contributed by atoms with Crippen molar-refractivity contribution in [1.29, 1.82) is 0 Å². The van der Waals surface area contributed by atoms with Crippen molar-refractivity contribution in [2.45, 2.75) is 12.1 Å². The van der Waals surface area contributed by atoms with Crippen LogP contribution >= 0.6 is 0 Å². The number of carbonyl (C=O) groups is 1. The van der Waals surface area contributed by atoms with E-state index in [0.717, 1.165) is 5.52 Å². The van der Waals surface area contributed by atoms with Crippen LogP contribution in [-0.4, -0.2) is 65.1 Å². The number of H-pyrrole nitrogens is 1. The lowest BCUT2D eigenvalue weighted by Crippen LogP contribution is -2.38. The van der Waals surface area contributed by atoms with Crippen molar-refractivity contribution in [3.63, 3.8) is 0 Å². The minimum Gasteiger partial charge on any atom is -0.390 e. The van der Waals surface area contributed by atoms with E-state index in [-0.39, 0.29) is 17.8 Å². The lowest BCUT2D eigenvalue weighted by atomic mass is 10.2. The first-order valence-corrected chi connectivity index (χ1v) is 6.88. The molecule has 5 nitrogen and oxygen atoms in total. The molecular weight excluding hydrogens is 273 g/mol. The van der Waals surface area contributed by atoms with Gasteiger partial charge in [-0.25, -0.2) is 4.39 Å². The molecule has 21 heavy (non-hydrogen) atoms. The van der Waals surface area contributed by atoms with Gasteiger partial charge in [0, 0.05) is 24.0 Å². The van der Waals surface area contributed by atoms with Crippen LogP contribution in [-0.2, 0) is 0 Å². The van der Waals surface area contributed by atoms with Crippen LogP contribution in [0.15, 0.2) is 24.3 Å². The SMILES string of the molecule is CN(C)[C@H]1CN(C(=O)c2cc3cc(F)ccc3[nH]2)C[C@@H]1O. The number of halogens is 1. The molecule has 0 spiro atoms. The molecule has 2 heterocycles. The lowest BCUT2D eigenvalue weighted by molar-refractivity contribution is 0.0759. The Bertz CT molecular complexity index is 683. The summed E-state index contributed by atoms with van der Waals surface area (Å²) < 4.78 is 13.2. The summed E-state index contributed by atoms with van der Waals surface area (Å²) in [5.41, 5.74) is 1.14. The summed E-state index contributed by atoms with van der Waals surface area (Å²) in [5, 5.41) is 10.7. The van der Waals surface area contributed by atoms with Gasteiger partial charge in [-0.1, -0.05) is 0 Å². The minimum atomic E-state index is -0.550. The number of hydrogen-bond acceptors (Lipinski definition) is 3. The Morgan fingerprint density at radius 1 is 1.38 bits per heavy atom. The van der Waals surface area contributed by atoms with Crippen LogP contribution in [0, 0.1) is 5.82 Å². The molecule has 1 fully saturated rings. The average molecular weight is 291 g/mol. The van der Waals surface area contributed by atoms with Gasteiger partial charge in [-0.2, -0.15) is 0 Å². The van der Waals surface area contributed by atoms with Crippen LogP contribution in [0.5, 0.6) is 0 Å². The minimum absolute atomic E-state index is 0.0595. The van der Waals surface area contributed by atoms with Gasteiger partial charge < -0.3 is 19.9 Å². The number of amides is 1. The van der Waals surface area contributed by atoms with Crippen LogP contribution < -0.4 is 0 Å². The van der Waals surface area contributed by atoms with Gasteiger partial charge in [0.2, 0.25) is 0 Å². The smallest absolute Gasteiger partial charge is 0.270 e. The highest BCUT2D eigenvalue weighted by atomic mass is 19.1. The van der Waals surface area contributed by atoms with E-state index in [1.807, 2.05) is 19.0 Å². The molecule has 112 valence electrons. The first kappa shape index (κ1) is 14.0. The van der Waals surface area contributed by atoms with Crippen LogP contribution in [0.2, 0.25) is 0 Å². The number of aromatic nitrogens is 1. The predicted octanol–water partition coefficient (Wildman–Crippen LogP) is 1.05. The van der Waals surface area contributed by atoms with E-state index in [2.05, 4.69) is 4.98 Å². The van der Waals surface area contributed by atoms with E-state index in [0.29, 0.717) is 24.2 Å². The first-order chi connectivity index (χ1) is 9.95. The van der Waals surface area contributed by atoms with Crippen molar-refractivity contribution in [2.75, 3.05) is 27.2 Å². The maximum atomic E-state index is 13.2. The molecule has 2 N–H and O–H groups in total. The quantitative estimate of drug-likeness (QED) is 0.869. The fourth-order valence-corrected chi connectivity index (χ4v) is 2.83. The highest BCUT2D eigenvalue weighted by molar-refractivity contribution is 5.98. The Balaban J connectivity index is 1.84. The van der Waals surface area contributed by atoms with Crippen molar-refractivity contribution in [2.24, 2.45) is 0 Å². The monoisotopic (exact) mass is 291 g/mol. The number of aromatic amines is 1. The largest absolute Gasteiger partial charge is 0.390 e. The number of rotatable bonds is 2. The first-order valence-electron chi connectivity index (χ1n) is 6.88. The van der Waals surface area contributed by atoms with Gasteiger partial charge in [0.05, 0.1) is 12.1 Å². The molecule has 0 saturated carbocycles. The summed E-state index contributed by atoms with van der Waals surface area (Å²) >= 11 is 0. The van der Waals surface area contributed by atoms with E-state index in [9.17, 15) is 14.3 Å². The van der Waals surface area contributed by atoms with Gasteiger partial charge in [0.25, 0.3) is 5.91 Å². The normalized spacial score (nSPS) is 22.4. The second-order valence-electron chi connectivity index (χ2n) is 5.72.